The van der Waals surface area contributed by atoms with E-state index in [0.717, 1.165) is 13.8 Å². The predicted octanol–water partition coefficient (Wildman–Crippen LogP) is 0.0462. The maximum absolute atomic E-state index is 10.7. The molecule has 0 N–H and O–H groups in total. The number of hydrogen-bond acceptors (Lipinski definition) is 6. The van der Waals surface area contributed by atoms with Gasteiger partial charge in [0.1, 0.15) is 0 Å². The van der Waals surface area contributed by atoms with Crippen LogP contribution in [0.5, 0.6) is 0 Å². The van der Waals surface area contributed by atoms with Gasteiger partial charge in [-0.3, -0.25) is 9.59 Å². The lowest BCUT2D eigenvalue weighted by atomic mass is 10.5. The average molecular weight is 202 g/mol. The quantitative estimate of drug-likeness (QED) is 0.464. The van der Waals surface area contributed by atoms with Crippen LogP contribution in [-0.2, 0) is 9.59 Å². The Labute approximate surface area is 79.7 Å². The van der Waals surface area contributed by atoms with Crippen LogP contribution in [0, 0.1) is 9.81 Å². The topological polar surface area (TPSA) is 99.5 Å². The summed E-state index contributed by atoms with van der Waals surface area (Å²) in [6.07, 6.45) is 0. The fourth-order valence-electron chi connectivity index (χ4n) is 0.701. The molecule has 0 aromatic rings. The normalized spacial score (nSPS) is 9.00. The molecule has 8 nitrogen and oxygen atoms in total. The Kier molecular flexibility index (Phi) is 4.97. The first-order chi connectivity index (χ1) is 6.52. The monoisotopic (exact) mass is 202 g/mol. The highest BCUT2D eigenvalue weighted by molar-refractivity contribution is 5.74. The van der Waals surface area contributed by atoms with Gasteiger partial charge in [0.05, 0.1) is 23.7 Å². The first-order valence-corrected chi connectivity index (χ1v) is 3.75. The highest BCUT2D eigenvalue weighted by Gasteiger charge is 2.13. The molecule has 0 saturated heterocycles. The van der Waals surface area contributed by atoms with Crippen LogP contribution >= 0.6 is 0 Å². The van der Waals surface area contributed by atoms with Gasteiger partial charge in [-0.2, -0.15) is 10.0 Å². The molecule has 8 heteroatoms. The standard InChI is InChI=1S/C6H10N4O4/c1-5(11)9(7-13)3-4-10(8-14)6(2)12/h3-4H2,1-2H3. The maximum atomic E-state index is 10.7. The van der Waals surface area contributed by atoms with Crippen LogP contribution in [0.4, 0.5) is 0 Å². The van der Waals surface area contributed by atoms with Crippen LogP contribution in [0.1, 0.15) is 13.8 Å². The Bertz CT molecular complexity index is 228. The molecular formula is C6H10N4O4. The van der Waals surface area contributed by atoms with E-state index in [1.54, 1.807) is 0 Å². The van der Waals surface area contributed by atoms with Crippen LogP contribution in [0.3, 0.4) is 0 Å². The molecule has 0 heterocycles. The van der Waals surface area contributed by atoms with E-state index in [4.69, 9.17) is 0 Å². The minimum absolute atomic E-state index is 0.149. The van der Waals surface area contributed by atoms with E-state index in [1.165, 1.54) is 0 Å². The zero-order valence-corrected chi connectivity index (χ0v) is 7.84. The largest absolute Gasteiger partial charge is 0.273 e. The fraction of sp³-hybridized carbons (Fsp3) is 0.667. The Balaban J connectivity index is 4.13. The number of nitroso groups, excluding NO2 is 2. The van der Waals surface area contributed by atoms with Gasteiger partial charge in [0, 0.05) is 13.8 Å². The molecule has 0 aliphatic heterocycles. The SMILES string of the molecule is CC(=O)N(CCN(N=O)C(C)=O)N=O. The molecule has 0 spiro atoms. The second-order valence-corrected chi connectivity index (χ2v) is 2.45. The summed E-state index contributed by atoms with van der Waals surface area (Å²) < 4.78 is 0. The molecule has 0 unspecified atom stereocenters. The van der Waals surface area contributed by atoms with Gasteiger partial charge < -0.3 is 0 Å². The summed E-state index contributed by atoms with van der Waals surface area (Å²) in [5, 5.41) is 6.01. The van der Waals surface area contributed by atoms with Gasteiger partial charge in [-0.05, 0) is 0 Å². The number of amides is 2. The molecule has 14 heavy (non-hydrogen) atoms. The van der Waals surface area contributed by atoms with Gasteiger partial charge in [0.15, 0.2) is 0 Å². The van der Waals surface area contributed by atoms with Crippen molar-refractivity contribution in [2.75, 3.05) is 13.1 Å². The first kappa shape index (κ1) is 12.1. The van der Waals surface area contributed by atoms with Crippen molar-refractivity contribution in [1.82, 2.24) is 10.0 Å². The van der Waals surface area contributed by atoms with Crippen molar-refractivity contribution < 1.29 is 9.59 Å². The van der Waals surface area contributed by atoms with E-state index in [9.17, 15) is 19.4 Å². The molecule has 0 bridgehead atoms. The molecule has 0 radical (unpaired) electrons. The molecule has 0 atom stereocenters. The van der Waals surface area contributed by atoms with Gasteiger partial charge in [0.25, 0.3) is 0 Å². The van der Waals surface area contributed by atoms with Crippen molar-refractivity contribution in [2.24, 2.45) is 10.6 Å². The highest BCUT2D eigenvalue weighted by atomic mass is 16.3. The summed E-state index contributed by atoms with van der Waals surface area (Å²) >= 11 is 0. The van der Waals surface area contributed by atoms with E-state index in [1.807, 2.05) is 0 Å². The molecular weight excluding hydrogens is 192 g/mol. The lowest BCUT2D eigenvalue weighted by Gasteiger charge is -2.14. The summed E-state index contributed by atoms with van der Waals surface area (Å²) in [6, 6.07) is 0. The second-order valence-electron chi connectivity index (χ2n) is 2.45. The summed E-state index contributed by atoms with van der Waals surface area (Å²) in [5.74, 6) is -1.12. The first-order valence-electron chi connectivity index (χ1n) is 3.75. The third-order valence-corrected chi connectivity index (χ3v) is 1.45. The predicted molar refractivity (Wildman–Crippen MR) is 46.4 cm³/mol. The molecule has 0 saturated carbocycles. The van der Waals surface area contributed by atoms with Crippen molar-refractivity contribution >= 4 is 11.8 Å². The van der Waals surface area contributed by atoms with Crippen LogP contribution in [0.2, 0.25) is 0 Å². The van der Waals surface area contributed by atoms with Gasteiger partial charge in [-0.25, -0.2) is 0 Å². The molecule has 0 aromatic heterocycles. The Morgan fingerprint density at radius 3 is 1.36 bits per heavy atom. The molecule has 0 fully saturated rings. The van der Waals surface area contributed by atoms with Crippen LogP contribution in [-0.4, -0.2) is 34.9 Å². The lowest BCUT2D eigenvalue weighted by Crippen LogP contribution is -2.33. The van der Waals surface area contributed by atoms with Crippen molar-refractivity contribution in [1.29, 1.82) is 0 Å². The number of carbonyl (C=O) groups excluding carboxylic acids is 2. The lowest BCUT2D eigenvalue weighted by molar-refractivity contribution is -0.133. The third kappa shape index (κ3) is 3.70. The zero-order chi connectivity index (χ0) is 11.1. The smallest absolute Gasteiger partial charge is 0.242 e. The number of rotatable bonds is 5. The van der Waals surface area contributed by atoms with Crippen LogP contribution < -0.4 is 0 Å². The van der Waals surface area contributed by atoms with Crippen LogP contribution in [0.25, 0.3) is 0 Å². The fourth-order valence-corrected chi connectivity index (χ4v) is 0.701. The van der Waals surface area contributed by atoms with Crippen molar-refractivity contribution in [3.63, 3.8) is 0 Å². The van der Waals surface area contributed by atoms with E-state index in [2.05, 4.69) is 10.6 Å². The van der Waals surface area contributed by atoms with Gasteiger partial charge in [-0.15, -0.1) is 9.81 Å². The Morgan fingerprint density at radius 1 is 0.929 bits per heavy atom. The highest BCUT2D eigenvalue weighted by Crippen LogP contribution is 1.94. The Morgan fingerprint density at radius 2 is 1.21 bits per heavy atom. The minimum Gasteiger partial charge on any atom is -0.273 e. The molecule has 0 aromatic carbocycles. The summed E-state index contributed by atoms with van der Waals surface area (Å²) in [6.45, 7) is 2.00. The maximum Gasteiger partial charge on any atom is 0.242 e. The Hall–Kier alpha value is -1.86. The molecule has 78 valence electrons. The van der Waals surface area contributed by atoms with Crippen molar-refractivity contribution in [3.8, 4) is 0 Å². The minimum atomic E-state index is -0.561. The summed E-state index contributed by atoms with van der Waals surface area (Å²) in [7, 11) is 0. The van der Waals surface area contributed by atoms with E-state index < -0.39 is 11.8 Å². The summed E-state index contributed by atoms with van der Waals surface area (Å²) in [4.78, 5) is 41.5. The van der Waals surface area contributed by atoms with E-state index in [-0.39, 0.29) is 13.1 Å². The molecule has 0 rings (SSSR count). The number of hydrogen-bond donors (Lipinski definition) is 0. The third-order valence-electron chi connectivity index (χ3n) is 1.45. The number of carbonyl (C=O) groups is 2. The van der Waals surface area contributed by atoms with Gasteiger partial charge in [-0.1, -0.05) is 0 Å². The van der Waals surface area contributed by atoms with Crippen LogP contribution in [0.15, 0.2) is 10.6 Å². The van der Waals surface area contributed by atoms with Gasteiger partial charge in [0.2, 0.25) is 11.8 Å². The zero-order valence-electron chi connectivity index (χ0n) is 7.84. The molecule has 0 aliphatic rings. The summed E-state index contributed by atoms with van der Waals surface area (Å²) in [5.41, 5.74) is 0. The molecule has 2 amide bonds. The molecule has 0 aliphatic carbocycles. The van der Waals surface area contributed by atoms with E-state index >= 15 is 0 Å². The van der Waals surface area contributed by atoms with E-state index in [0.29, 0.717) is 10.0 Å². The van der Waals surface area contributed by atoms with Gasteiger partial charge >= 0.3 is 0 Å². The average Bonchev–Trinajstić information content (AvgIpc) is 2.11. The number of nitrogens with zero attached hydrogens (tertiary/aromatic N) is 4. The second kappa shape index (κ2) is 5.73. The van der Waals surface area contributed by atoms with Crippen molar-refractivity contribution in [3.05, 3.63) is 9.81 Å². The van der Waals surface area contributed by atoms with Crippen molar-refractivity contribution in [2.45, 2.75) is 13.8 Å².